The molecule has 13 heavy (non-hydrogen) atoms. The smallest absolute Gasteiger partial charge is 0.346 e. The van der Waals surface area contributed by atoms with Crippen molar-refractivity contribution in [3.63, 3.8) is 0 Å². The highest BCUT2D eigenvalue weighted by Gasteiger charge is 2.15. The van der Waals surface area contributed by atoms with Gasteiger partial charge in [0.1, 0.15) is 4.88 Å². The van der Waals surface area contributed by atoms with E-state index in [9.17, 15) is 13.2 Å². The van der Waals surface area contributed by atoms with E-state index in [1.54, 1.807) is 5.38 Å². The van der Waals surface area contributed by atoms with E-state index in [1.807, 2.05) is 0 Å². The Balaban J connectivity index is 3.02. The third kappa shape index (κ3) is 2.82. The molecule has 0 unspecified atom stereocenters. The monoisotopic (exact) mass is 220 g/mol. The average molecular weight is 220 g/mol. The van der Waals surface area contributed by atoms with Gasteiger partial charge < -0.3 is 5.11 Å². The molecule has 0 aromatic carbocycles. The summed E-state index contributed by atoms with van der Waals surface area (Å²) in [5, 5.41) is 10.2. The van der Waals surface area contributed by atoms with Crippen LogP contribution in [0.25, 0.3) is 0 Å². The van der Waals surface area contributed by atoms with Crippen molar-refractivity contribution in [2.45, 2.75) is 5.75 Å². The number of carboxylic acids is 1. The van der Waals surface area contributed by atoms with Crippen LogP contribution in [0.5, 0.6) is 0 Å². The van der Waals surface area contributed by atoms with E-state index < -0.39 is 15.8 Å². The fourth-order valence-electron chi connectivity index (χ4n) is 0.919. The molecule has 6 heteroatoms. The van der Waals surface area contributed by atoms with Gasteiger partial charge in [0.25, 0.3) is 0 Å². The van der Waals surface area contributed by atoms with Crippen molar-refractivity contribution in [2.75, 3.05) is 6.26 Å². The van der Waals surface area contributed by atoms with Crippen LogP contribution in [0, 0.1) is 0 Å². The van der Waals surface area contributed by atoms with Crippen molar-refractivity contribution >= 4 is 27.1 Å². The first-order valence-corrected chi connectivity index (χ1v) is 6.31. The Kier molecular flexibility index (Phi) is 2.72. The maximum Gasteiger partial charge on any atom is 0.346 e. The zero-order valence-electron chi connectivity index (χ0n) is 6.85. The standard InChI is InChI=1S/C7H8O4S2/c1-13(10,11)4-5-2-3-12-6(5)7(8)9/h2-3H,4H2,1H3,(H,8,9). The van der Waals surface area contributed by atoms with Crippen LogP contribution in [0.1, 0.15) is 15.2 Å². The van der Waals surface area contributed by atoms with Gasteiger partial charge in [-0.15, -0.1) is 11.3 Å². The first-order chi connectivity index (χ1) is 5.90. The summed E-state index contributed by atoms with van der Waals surface area (Å²) >= 11 is 1.03. The van der Waals surface area contributed by atoms with E-state index in [1.165, 1.54) is 6.07 Å². The summed E-state index contributed by atoms with van der Waals surface area (Å²) in [7, 11) is -3.16. The Bertz CT molecular complexity index is 415. The van der Waals surface area contributed by atoms with Gasteiger partial charge in [-0.1, -0.05) is 0 Å². The van der Waals surface area contributed by atoms with E-state index in [0.717, 1.165) is 17.6 Å². The van der Waals surface area contributed by atoms with E-state index in [0.29, 0.717) is 5.56 Å². The summed E-state index contributed by atoms with van der Waals surface area (Å²) in [6, 6.07) is 1.52. The predicted molar refractivity (Wildman–Crippen MR) is 49.8 cm³/mol. The molecule has 1 aromatic heterocycles. The highest BCUT2D eigenvalue weighted by molar-refractivity contribution is 7.89. The lowest BCUT2D eigenvalue weighted by Crippen LogP contribution is -2.04. The Hall–Kier alpha value is -0.880. The predicted octanol–water partition coefficient (Wildman–Crippen LogP) is 0.991. The maximum atomic E-state index is 10.9. The second-order valence-corrected chi connectivity index (χ2v) is 5.71. The number of aromatic carboxylic acids is 1. The number of sulfone groups is 1. The number of hydrogen-bond donors (Lipinski definition) is 1. The molecule has 72 valence electrons. The third-order valence-electron chi connectivity index (χ3n) is 1.36. The van der Waals surface area contributed by atoms with E-state index >= 15 is 0 Å². The molecule has 0 atom stereocenters. The zero-order valence-corrected chi connectivity index (χ0v) is 8.48. The zero-order chi connectivity index (χ0) is 10.1. The second kappa shape index (κ2) is 3.47. The van der Waals surface area contributed by atoms with E-state index in [4.69, 9.17) is 5.11 Å². The molecule has 0 amide bonds. The molecular weight excluding hydrogens is 212 g/mol. The van der Waals surface area contributed by atoms with Gasteiger partial charge in [0.15, 0.2) is 9.84 Å². The van der Waals surface area contributed by atoms with Crippen LogP contribution in [-0.2, 0) is 15.6 Å². The van der Waals surface area contributed by atoms with Crippen molar-refractivity contribution in [1.29, 1.82) is 0 Å². The number of carbonyl (C=O) groups is 1. The molecule has 0 aliphatic rings. The summed E-state index contributed by atoms with van der Waals surface area (Å²) in [6.07, 6.45) is 1.08. The molecular formula is C7H8O4S2. The Labute approximate surface area is 79.7 Å². The van der Waals surface area contributed by atoms with Crippen LogP contribution >= 0.6 is 11.3 Å². The first-order valence-electron chi connectivity index (χ1n) is 3.37. The van der Waals surface area contributed by atoms with Crippen LogP contribution in [0.15, 0.2) is 11.4 Å². The fourth-order valence-corrected chi connectivity index (χ4v) is 2.58. The molecule has 1 aromatic rings. The summed E-state index contributed by atoms with van der Waals surface area (Å²) in [5.74, 6) is -1.29. The van der Waals surface area contributed by atoms with E-state index in [-0.39, 0.29) is 10.6 Å². The number of hydrogen-bond acceptors (Lipinski definition) is 4. The summed E-state index contributed by atoms with van der Waals surface area (Å²) in [4.78, 5) is 10.7. The Morgan fingerprint density at radius 1 is 1.62 bits per heavy atom. The second-order valence-electron chi connectivity index (χ2n) is 2.65. The normalized spacial score (nSPS) is 11.5. The quantitative estimate of drug-likeness (QED) is 0.824. The van der Waals surface area contributed by atoms with Gasteiger partial charge in [0.05, 0.1) is 5.75 Å². The molecule has 1 heterocycles. The lowest BCUT2D eigenvalue weighted by Gasteiger charge is -1.96. The van der Waals surface area contributed by atoms with Crippen molar-refractivity contribution < 1.29 is 18.3 Å². The van der Waals surface area contributed by atoms with Gasteiger partial charge in [-0.3, -0.25) is 0 Å². The Morgan fingerprint density at radius 3 is 2.69 bits per heavy atom. The van der Waals surface area contributed by atoms with Crippen molar-refractivity contribution in [3.05, 3.63) is 21.9 Å². The topological polar surface area (TPSA) is 71.4 Å². The van der Waals surface area contributed by atoms with Gasteiger partial charge in [0, 0.05) is 6.26 Å². The minimum atomic E-state index is -3.16. The SMILES string of the molecule is CS(=O)(=O)Cc1ccsc1C(=O)O. The summed E-state index contributed by atoms with van der Waals surface area (Å²) in [6.45, 7) is 0. The lowest BCUT2D eigenvalue weighted by molar-refractivity contribution is 0.0701. The van der Waals surface area contributed by atoms with Crippen LogP contribution in [0.3, 0.4) is 0 Å². The largest absolute Gasteiger partial charge is 0.477 e. The minimum absolute atomic E-state index is 0.102. The number of carboxylic acid groups (broad SMARTS) is 1. The maximum absolute atomic E-state index is 10.9. The van der Waals surface area contributed by atoms with Gasteiger partial charge in [-0.2, -0.15) is 0 Å². The van der Waals surface area contributed by atoms with Crippen molar-refractivity contribution in [2.24, 2.45) is 0 Å². The molecule has 4 nitrogen and oxygen atoms in total. The molecule has 0 aliphatic heterocycles. The molecule has 0 saturated heterocycles. The van der Waals surface area contributed by atoms with Crippen LogP contribution in [0.2, 0.25) is 0 Å². The number of thiophene rings is 1. The summed E-state index contributed by atoms with van der Waals surface area (Å²) < 4.78 is 21.8. The Morgan fingerprint density at radius 2 is 2.23 bits per heavy atom. The minimum Gasteiger partial charge on any atom is -0.477 e. The lowest BCUT2D eigenvalue weighted by atomic mass is 10.3. The fraction of sp³-hybridized carbons (Fsp3) is 0.286. The first kappa shape index (κ1) is 10.2. The van der Waals surface area contributed by atoms with Crippen molar-refractivity contribution in [1.82, 2.24) is 0 Å². The molecule has 1 N–H and O–H groups in total. The van der Waals surface area contributed by atoms with Crippen LogP contribution < -0.4 is 0 Å². The summed E-state index contributed by atoms with van der Waals surface area (Å²) in [5.41, 5.74) is 0.361. The van der Waals surface area contributed by atoms with E-state index in [2.05, 4.69) is 0 Å². The van der Waals surface area contributed by atoms with Gasteiger partial charge in [0.2, 0.25) is 0 Å². The van der Waals surface area contributed by atoms with Gasteiger partial charge >= 0.3 is 5.97 Å². The van der Waals surface area contributed by atoms with Gasteiger partial charge in [-0.25, -0.2) is 13.2 Å². The average Bonchev–Trinajstić information content (AvgIpc) is 2.31. The highest BCUT2D eigenvalue weighted by Crippen LogP contribution is 2.18. The third-order valence-corrected chi connectivity index (χ3v) is 3.14. The van der Waals surface area contributed by atoms with Crippen LogP contribution in [0.4, 0.5) is 0 Å². The molecule has 0 radical (unpaired) electrons. The molecule has 0 aliphatic carbocycles. The molecule has 0 spiro atoms. The van der Waals surface area contributed by atoms with Crippen LogP contribution in [-0.4, -0.2) is 25.7 Å². The molecule has 0 saturated carbocycles. The molecule has 0 bridgehead atoms. The van der Waals surface area contributed by atoms with Gasteiger partial charge in [-0.05, 0) is 17.0 Å². The number of rotatable bonds is 3. The highest BCUT2D eigenvalue weighted by atomic mass is 32.2. The molecule has 0 fully saturated rings. The van der Waals surface area contributed by atoms with Crippen molar-refractivity contribution in [3.8, 4) is 0 Å². The molecule has 1 rings (SSSR count).